The zero-order valence-electron chi connectivity index (χ0n) is 17.2. The largest absolute Gasteiger partial charge is 0.463 e. The second-order valence-corrected chi connectivity index (χ2v) is 6.89. The van der Waals surface area contributed by atoms with Crippen molar-refractivity contribution in [2.75, 3.05) is 11.9 Å². The SMILES string of the molecule is CCOc1nc(-c2ccccc2C)n(-c2cccc(NC(=O)c3cccc(F)c3)c2)n1. The van der Waals surface area contributed by atoms with Crippen LogP contribution in [0, 0.1) is 12.7 Å². The Labute approximate surface area is 179 Å². The molecular formula is C24H21FN4O2. The first-order chi connectivity index (χ1) is 15.0. The Balaban J connectivity index is 1.70. The summed E-state index contributed by atoms with van der Waals surface area (Å²) in [5.41, 5.74) is 3.47. The van der Waals surface area contributed by atoms with Gasteiger partial charge in [-0.1, -0.05) is 36.4 Å². The van der Waals surface area contributed by atoms with Gasteiger partial charge >= 0.3 is 6.01 Å². The highest BCUT2D eigenvalue weighted by Gasteiger charge is 2.17. The standard InChI is InChI=1S/C24H21FN4O2/c1-3-31-24-27-22(21-13-5-4-8-16(21)2)29(28-24)20-12-7-11-19(15-20)26-23(30)17-9-6-10-18(25)14-17/h4-15H,3H2,1-2H3,(H,26,30). The Morgan fingerprint density at radius 1 is 1.06 bits per heavy atom. The molecule has 1 heterocycles. The van der Waals surface area contributed by atoms with Gasteiger partial charge in [0, 0.05) is 16.8 Å². The first kappa shape index (κ1) is 20.3. The third-order valence-corrected chi connectivity index (χ3v) is 4.68. The number of hydrogen-bond acceptors (Lipinski definition) is 4. The quantitative estimate of drug-likeness (QED) is 0.479. The van der Waals surface area contributed by atoms with E-state index < -0.39 is 11.7 Å². The van der Waals surface area contributed by atoms with Crippen molar-refractivity contribution in [2.24, 2.45) is 0 Å². The molecule has 4 aromatic rings. The van der Waals surface area contributed by atoms with Crippen LogP contribution in [0.25, 0.3) is 17.1 Å². The minimum atomic E-state index is -0.463. The molecule has 4 rings (SSSR count). The number of benzene rings is 3. The van der Waals surface area contributed by atoms with Gasteiger partial charge in [-0.15, -0.1) is 5.10 Å². The lowest BCUT2D eigenvalue weighted by atomic mass is 10.1. The average molecular weight is 416 g/mol. The van der Waals surface area contributed by atoms with Crippen LogP contribution in [-0.2, 0) is 0 Å². The summed E-state index contributed by atoms with van der Waals surface area (Å²) in [6.07, 6.45) is 0. The number of halogens is 1. The average Bonchev–Trinajstić information content (AvgIpc) is 3.18. The van der Waals surface area contributed by atoms with Crippen LogP contribution in [-0.4, -0.2) is 27.3 Å². The number of nitrogens with zero attached hydrogens (tertiary/aromatic N) is 3. The normalized spacial score (nSPS) is 10.7. The van der Waals surface area contributed by atoms with Crippen molar-refractivity contribution in [3.05, 3.63) is 89.7 Å². The molecule has 0 radical (unpaired) electrons. The molecule has 1 amide bonds. The Morgan fingerprint density at radius 2 is 1.87 bits per heavy atom. The van der Waals surface area contributed by atoms with Gasteiger partial charge in [-0.05, 0) is 55.8 Å². The number of anilines is 1. The number of hydrogen-bond donors (Lipinski definition) is 1. The summed E-state index contributed by atoms with van der Waals surface area (Å²) in [5, 5.41) is 7.30. The highest BCUT2D eigenvalue weighted by molar-refractivity contribution is 6.04. The molecule has 0 saturated carbocycles. The maximum Gasteiger partial charge on any atom is 0.336 e. The number of carbonyl (C=O) groups is 1. The van der Waals surface area contributed by atoms with E-state index in [1.54, 1.807) is 28.9 Å². The Bertz CT molecular complexity index is 1240. The van der Waals surface area contributed by atoms with Gasteiger partial charge in [0.1, 0.15) is 5.82 Å². The molecule has 0 unspecified atom stereocenters. The van der Waals surface area contributed by atoms with Gasteiger partial charge in [-0.25, -0.2) is 9.07 Å². The topological polar surface area (TPSA) is 69.0 Å². The molecule has 0 aliphatic carbocycles. The predicted octanol–water partition coefficient (Wildman–Crippen LogP) is 5.03. The number of rotatable bonds is 6. The number of carbonyl (C=O) groups excluding carboxylic acids is 1. The molecular weight excluding hydrogens is 395 g/mol. The smallest absolute Gasteiger partial charge is 0.336 e. The van der Waals surface area contributed by atoms with Crippen LogP contribution in [0.5, 0.6) is 6.01 Å². The third kappa shape index (κ3) is 4.45. The minimum Gasteiger partial charge on any atom is -0.463 e. The summed E-state index contributed by atoms with van der Waals surface area (Å²) in [4.78, 5) is 17.1. The number of nitrogens with one attached hydrogen (secondary N) is 1. The van der Waals surface area contributed by atoms with Crippen molar-refractivity contribution in [3.63, 3.8) is 0 Å². The zero-order valence-corrected chi connectivity index (χ0v) is 17.2. The highest BCUT2D eigenvalue weighted by Crippen LogP contribution is 2.27. The first-order valence-electron chi connectivity index (χ1n) is 9.88. The van der Waals surface area contributed by atoms with Crippen molar-refractivity contribution in [1.29, 1.82) is 0 Å². The maximum atomic E-state index is 13.4. The van der Waals surface area contributed by atoms with Gasteiger partial charge in [-0.3, -0.25) is 4.79 Å². The van der Waals surface area contributed by atoms with Crippen LogP contribution in [0.4, 0.5) is 10.1 Å². The first-order valence-corrected chi connectivity index (χ1v) is 9.88. The fourth-order valence-electron chi connectivity index (χ4n) is 3.21. The lowest BCUT2D eigenvalue weighted by Gasteiger charge is -2.10. The van der Waals surface area contributed by atoms with Crippen molar-refractivity contribution >= 4 is 11.6 Å². The maximum absolute atomic E-state index is 13.4. The van der Waals surface area contributed by atoms with Crippen LogP contribution in [0.2, 0.25) is 0 Å². The molecule has 0 aliphatic rings. The highest BCUT2D eigenvalue weighted by atomic mass is 19.1. The van der Waals surface area contributed by atoms with Crippen LogP contribution < -0.4 is 10.1 Å². The molecule has 0 atom stereocenters. The number of ether oxygens (including phenoxy) is 1. The van der Waals surface area contributed by atoms with Crippen molar-refractivity contribution in [2.45, 2.75) is 13.8 Å². The second-order valence-electron chi connectivity index (χ2n) is 6.89. The van der Waals surface area contributed by atoms with E-state index in [4.69, 9.17) is 4.74 Å². The summed E-state index contributed by atoms with van der Waals surface area (Å²) in [5.74, 6) is -0.227. The zero-order chi connectivity index (χ0) is 21.8. The van der Waals surface area contributed by atoms with Gasteiger partial charge in [0.25, 0.3) is 5.91 Å². The van der Waals surface area contributed by atoms with Crippen LogP contribution in [0.3, 0.4) is 0 Å². The van der Waals surface area contributed by atoms with Gasteiger partial charge in [0.05, 0.1) is 12.3 Å². The molecule has 6 nitrogen and oxygen atoms in total. The molecule has 0 saturated heterocycles. The summed E-state index contributed by atoms with van der Waals surface area (Å²) < 4.78 is 20.7. The summed E-state index contributed by atoms with van der Waals surface area (Å²) >= 11 is 0. The van der Waals surface area contributed by atoms with E-state index in [2.05, 4.69) is 15.4 Å². The summed E-state index contributed by atoms with van der Waals surface area (Å²) in [6, 6.07) is 20.9. The molecule has 0 fully saturated rings. The van der Waals surface area contributed by atoms with Gasteiger partial charge in [0.15, 0.2) is 5.82 Å². The van der Waals surface area contributed by atoms with E-state index in [9.17, 15) is 9.18 Å². The van der Waals surface area contributed by atoms with E-state index in [0.717, 1.165) is 11.1 Å². The van der Waals surface area contributed by atoms with Gasteiger partial charge in [-0.2, -0.15) is 4.98 Å². The van der Waals surface area contributed by atoms with E-state index in [1.165, 1.54) is 18.2 Å². The van der Waals surface area contributed by atoms with E-state index in [0.29, 0.717) is 23.8 Å². The van der Waals surface area contributed by atoms with Crippen molar-refractivity contribution in [3.8, 4) is 23.1 Å². The van der Waals surface area contributed by atoms with Crippen molar-refractivity contribution in [1.82, 2.24) is 14.8 Å². The lowest BCUT2D eigenvalue weighted by molar-refractivity contribution is 0.102. The second kappa shape index (κ2) is 8.79. The molecule has 156 valence electrons. The lowest BCUT2D eigenvalue weighted by Crippen LogP contribution is -2.12. The Morgan fingerprint density at radius 3 is 2.65 bits per heavy atom. The van der Waals surface area contributed by atoms with Gasteiger partial charge < -0.3 is 10.1 Å². The molecule has 0 spiro atoms. The molecule has 3 aromatic carbocycles. The van der Waals surface area contributed by atoms with Crippen molar-refractivity contribution < 1.29 is 13.9 Å². The Hall–Kier alpha value is -4.00. The number of aromatic nitrogens is 3. The van der Waals surface area contributed by atoms with Crippen LogP contribution >= 0.6 is 0 Å². The predicted molar refractivity (Wildman–Crippen MR) is 117 cm³/mol. The molecule has 31 heavy (non-hydrogen) atoms. The fraction of sp³-hybridized carbons (Fsp3) is 0.125. The molecule has 1 aromatic heterocycles. The molecule has 7 heteroatoms. The van der Waals surface area contributed by atoms with Crippen LogP contribution in [0.15, 0.2) is 72.8 Å². The van der Waals surface area contributed by atoms with Gasteiger partial charge in [0.2, 0.25) is 0 Å². The monoisotopic (exact) mass is 416 g/mol. The molecule has 0 aliphatic heterocycles. The summed E-state index contributed by atoms with van der Waals surface area (Å²) in [7, 11) is 0. The fourth-order valence-corrected chi connectivity index (χ4v) is 3.21. The number of aryl methyl sites for hydroxylation is 1. The molecule has 0 bridgehead atoms. The minimum absolute atomic E-state index is 0.241. The number of amides is 1. The third-order valence-electron chi connectivity index (χ3n) is 4.68. The van der Waals surface area contributed by atoms with Crippen LogP contribution in [0.1, 0.15) is 22.8 Å². The molecule has 1 N–H and O–H groups in total. The summed E-state index contributed by atoms with van der Waals surface area (Å²) in [6.45, 7) is 4.32. The van der Waals surface area contributed by atoms with E-state index >= 15 is 0 Å². The van der Waals surface area contributed by atoms with E-state index in [1.807, 2.05) is 44.2 Å². The van der Waals surface area contributed by atoms with E-state index in [-0.39, 0.29) is 11.6 Å². The Kier molecular flexibility index (Phi) is 5.75.